The molecule has 1 saturated heterocycles. The lowest BCUT2D eigenvalue weighted by Crippen LogP contribution is -2.38. The van der Waals surface area contributed by atoms with Crippen LogP contribution in [0.5, 0.6) is 0 Å². The molecule has 186 valence electrons. The third-order valence-electron chi connectivity index (χ3n) is 4.85. The number of carbonyl (C=O) groups excluding carboxylic acids is 1. The monoisotopic (exact) mass is 491 g/mol. The molecule has 0 aromatic carbocycles. The first-order valence-electron chi connectivity index (χ1n) is 10.2. The number of aliphatic hydroxyl groups excluding tert-OH is 2. The first-order valence-corrected chi connectivity index (χ1v) is 11.7. The fourth-order valence-electron chi connectivity index (χ4n) is 3.13. The van der Waals surface area contributed by atoms with E-state index in [-0.39, 0.29) is 5.56 Å². The number of aromatic amines is 1. The molecule has 1 amide bonds. The number of hydrogen-bond donors (Lipinski definition) is 6. The van der Waals surface area contributed by atoms with Gasteiger partial charge in [-0.15, -0.1) is 0 Å². The first kappa shape index (κ1) is 27.1. The summed E-state index contributed by atoms with van der Waals surface area (Å²) in [5.74, 6) is -0.457. The minimum absolute atomic E-state index is 0.114. The second-order valence-electron chi connectivity index (χ2n) is 7.39. The molecule has 1 aliphatic heterocycles. The van der Waals surface area contributed by atoms with E-state index in [1.807, 2.05) is 4.98 Å². The zero-order valence-corrected chi connectivity index (χ0v) is 18.6. The van der Waals surface area contributed by atoms with E-state index < -0.39 is 56.1 Å². The lowest BCUT2D eigenvalue weighted by molar-refractivity contribution is -0.222. The fourth-order valence-corrected chi connectivity index (χ4v) is 3.47. The van der Waals surface area contributed by atoms with Crippen molar-refractivity contribution in [1.29, 1.82) is 0 Å². The average Bonchev–Trinajstić information content (AvgIpc) is 3.02. The van der Waals surface area contributed by atoms with Crippen LogP contribution in [0.3, 0.4) is 0 Å². The van der Waals surface area contributed by atoms with Gasteiger partial charge in [-0.3, -0.25) is 23.7 Å². The van der Waals surface area contributed by atoms with Crippen molar-refractivity contribution >= 4 is 19.8 Å². The Hall–Kier alpha value is -2.16. The Morgan fingerprint density at radius 1 is 1.30 bits per heavy atom. The summed E-state index contributed by atoms with van der Waals surface area (Å²) in [5.41, 5.74) is 3.51. The van der Waals surface area contributed by atoms with Gasteiger partial charge in [0.15, 0.2) is 6.23 Å². The molecule has 2 heterocycles. The number of phosphoric acid groups is 1. The van der Waals surface area contributed by atoms with Crippen LogP contribution in [0.2, 0.25) is 0 Å². The Balaban J connectivity index is 2.06. The summed E-state index contributed by atoms with van der Waals surface area (Å²) in [6.45, 7) is 0.243. The largest absolute Gasteiger partial charge is 0.756 e. The quantitative estimate of drug-likeness (QED) is 0.0999. The SMILES string of the molecule is NCCCCCCNC(=O)/C=C/c1cn([C@@H]2O[C@H](COP(=O)([O-])O)[C@H](O)C2O)c(=O)[nH]c1=O. The second-order valence-corrected chi connectivity index (χ2v) is 8.58. The summed E-state index contributed by atoms with van der Waals surface area (Å²) >= 11 is 0. The molecule has 2 rings (SSSR count). The Morgan fingerprint density at radius 3 is 2.67 bits per heavy atom. The normalized spacial score (nSPS) is 24.8. The molecule has 1 aliphatic rings. The molecule has 33 heavy (non-hydrogen) atoms. The van der Waals surface area contributed by atoms with Crippen molar-refractivity contribution in [3.05, 3.63) is 38.7 Å². The van der Waals surface area contributed by atoms with Crippen molar-refractivity contribution in [2.24, 2.45) is 5.73 Å². The van der Waals surface area contributed by atoms with Crippen molar-refractivity contribution in [3.8, 4) is 0 Å². The molecule has 0 spiro atoms. The van der Waals surface area contributed by atoms with Gasteiger partial charge in [0.25, 0.3) is 13.4 Å². The van der Waals surface area contributed by atoms with Crippen LogP contribution in [-0.2, 0) is 18.6 Å². The zero-order valence-electron chi connectivity index (χ0n) is 17.7. The third-order valence-corrected chi connectivity index (χ3v) is 5.33. The maximum absolute atomic E-state index is 12.2. The molecule has 5 atom stereocenters. The molecule has 1 aromatic heterocycles. The van der Waals surface area contributed by atoms with Crippen LogP contribution in [0.4, 0.5) is 0 Å². The Morgan fingerprint density at radius 2 is 2.00 bits per heavy atom. The van der Waals surface area contributed by atoms with Crippen LogP contribution >= 0.6 is 7.82 Å². The predicted molar refractivity (Wildman–Crippen MR) is 113 cm³/mol. The van der Waals surface area contributed by atoms with Crippen molar-refractivity contribution in [2.75, 3.05) is 19.7 Å². The molecule has 2 unspecified atom stereocenters. The van der Waals surface area contributed by atoms with Gasteiger partial charge in [-0.1, -0.05) is 12.8 Å². The number of nitrogens with two attached hydrogens (primary N) is 1. The second kappa shape index (κ2) is 12.3. The van der Waals surface area contributed by atoms with Gasteiger partial charge in [0.2, 0.25) is 5.91 Å². The number of unbranched alkanes of at least 4 members (excludes halogenated alkanes) is 3. The van der Waals surface area contributed by atoms with Crippen LogP contribution in [0.1, 0.15) is 37.5 Å². The summed E-state index contributed by atoms with van der Waals surface area (Å²) in [7, 11) is -5.11. The number of rotatable bonds is 12. The van der Waals surface area contributed by atoms with E-state index in [0.29, 0.717) is 13.1 Å². The lowest BCUT2D eigenvalue weighted by Gasteiger charge is -2.20. The van der Waals surface area contributed by atoms with Crippen LogP contribution in [0, 0.1) is 0 Å². The predicted octanol–water partition coefficient (Wildman–Crippen LogP) is -2.72. The van der Waals surface area contributed by atoms with Crippen molar-refractivity contribution in [2.45, 2.75) is 50.2 Å². The van der Waals surface area contributed by atoms with Gasteiger partial charge in [-0.2, -0.15) is 0 Å². The minimum Gasteiger partial charge on any atom is -0.756 e. The van der Waals surface area contributed by atoms with Crippen LogP contribution in [0.15, 0.2) is 21.9 Å². The topological polar surface area (TPSA) is 229 Å². The maximum Gasteiger partial charge on any atom is 0.330 e. The highest BCUT2D eigenvalue weighted by Gasteiger charge is 2.44. The standard InChI is InChI=1S/C18H29N4O10P/c19-7-3-1-2-4-8-20-13(23)6-5-11-9-22(18(27)21-16(11)26)17-15(25)14(24)12(32-17)10-31-33(28,29)30/h5-6,9,12,14-15,17,24-25H,1-4,7-8,10,19H2,(H,20,23)(H,21,26,27)(H2,28,29,30)/p-1/b6-5+/t12-,14+,15?,17-/m1/s1. The molecule has 0 saturated carbocycles. The number of amides is 1. The number of nitrogens with one attached hydrogen (secondary N) is 2. The summed E-state index contributed by atoms with van der Waals surface area (Å²) in [5, 5.41) is 22.9. The van der Waals surface area contributed by atoms with Gasteiger partial charge >= 0.3 is 5.69 Å². The minimum atomic E-state index is -5.11. The molecule has 1 aromatic rings. The van der Waals surface area contributed by atoms with Gasteiger partial charge in [0, 0.05) is 18.8 Å². The average molecular weight is 491 g/mol. The first-order chi connectivity index (χ1) is 15.5. The Bertz CT molecular complexity index is 987. The number of aromatic nitrogens is 2. The van der Waals surface area contributed by atoms with Gasteiger partial charge in [0.1, 0.15) is 18.3 Å². The highest BCUT2D eigenvalue weighted by atomic mass is 31.2. The number of H-pyrrole nitrogens is 1. The molecule has 1 fully saturated rings. The van der Waals surface area contributed by atoms with Crippen LogP contribution < -0.4 is 27.2 Å². The highest BCUT2D eigenvalue weighted by Crippen LogP contribution is 2.34. The van der Waals surface area contributed by atoms with E-state index in [1.54, 1.807) is 0 Å². The Labute approximate surface area is 188 Å². The van der Waals surface area contributed by atoms with Crippen LogP contribution in [0.25, 0.3) is 6.08 Å². The van der Waals surface area contributed by atoms with Crippen LogP contribution in [-0.4, -0.2) is 68.6 Å². The van der Waals surface area contributed by atoms with Crippen molar-refractivity contribution < 1.29 is 38.6 Å². The molecule has 7 N–H and O–H groups in total. The van der Waals surface area contributed by atoms with E-state index in [1.165, 1.54) is 0 Å². The number of carbonyl (C=O) groups is 1. The number of phosphoric ester groups is 1. The molecular formula is C18H28N4O10P-. The molecule has 15 heteroatoms. The lowest BCUT2D eigenvalue weighted by atomic mass is 10.1. The molecule has 14 nitrogen and oxygen atoms in total. The van der Waals surface area contributed by atoms with Gasteiger partial charge in [-0.25, -0.2) is 4.79 Å². The number of aliphatic hydroxyl groups is 2. The molecule has 0 bridgehead atoms. The number of hydrogen-bond acceptors (Lipinski definition) is 10. The fraction of sp³-hybridized carbons (Fsp3) is 0.611. The van der Waals surface area contributed by atoms with Crippen molar-refractivity contribution in [3.63, 3.8) is 0 Å². The van der Waals surface area contributed by atoms with E-state index in [9.17, 15) is 34.1 Å². The van der Waals surface area contributed by atoms with E-state index in [2.05, 4.69) is 9.84 Å². The van der Waals surface area contributed by atoms with Gasteiger partial charge in [0.05, 0.1) is 12.2 Å². The van der Waals surface area contributed by atoms with Gasteiger partial charge in [-0.05, 0) is 25.5 Å². The summed E-state index contributed by atoms with van der Waals surface area (Å²) < 4.78 is 21.0. The number of nitrogens with zero attached hydrogens (tertiary/aromatic N) is 1. The van der Waals surface area contributed by atoms with E-state index in [4.69, 9.17) is 15.4 Å². The third kappa shape index (κ3) is 8.28. The highest BCUT2D eigenvalue weighted by molar-refractivity contribution is 7.44. The van der Waals surface area contributed by atoms with E-state index >= 15 is 0 Å². The summed E-state index contributed by atoms with van der Waals surface area (Å²) in [4.78, 5) is 57.6. The van der Waals surface area contributed by atoms with Crippen molar-refractivity contribution in [1.82, 2.24) is 14.9 Å². The molecule has 0 aliphatic carbocycles. The molecular weight excluding hydrogens is 463 g/mol. The maximum atomic E-state index is 12.2. The summed E-state index contributed by atoms with van der Waals surface area (Å²) in [6.07, 6.45) is 0.604. The van der Waals surface area contributed by atoms with Gasteiger partial charge < -0.3 is 40.3 Å². The Kier molecular flexibility index (Phi) is 10.1. The zero-order chi connectivity index (χ0) is 24.6. The molecule has 0 radical (unpaired) electrons. The number of ether oxygens (including phenoxy) is 1. The smallest absolute Gasteiger partial charge is 0.330 e. The summed E-state index contributed by atoms with van der Waals surface area (Å²) in [6, 6.07) is 0. The van der Waals surface area contributed by atoms with E-state index in [0.717, 1.165) is 48.6 Å².